The van der Waals surface area contributed by atoms with Crippen LogP contribution < -0.4 is 10.1 Å². The molecule has 2 aromatic heterocycles. The molecule has 0 unspecified atom stereocenters. The maximum Gasteiger partial charge on any atom is 0.238 e. The highest BCUT2D eigenvalue weighted by molar-refractivity contribution is 5.93. The highest BCUT2D eigenvalue weighted by Gasteiger charge is 2.25. The second-order valence-electron chi connectivity index (χ2n) is 5.94. The molecule has 126 valence electrons. The van der Waals surface area contributed by atoms with Gasteiger partial charge in [-0.1, -0.05) is 6.42 Å². The summed E-state index contributed by atoms with van der Waals surface area (Å²) in [6, 6.07) is 10.8. The van der Waals surface area contributed by atoms with E-state index in [1.54, 1.807) is 47.6 Å². The zero-order valence-electron chi connectivity index (χ0n) is 13.5. The normalized spacial score (nSPS) is 13.9. The van der Waals surface area contributed by atoms with Crippen molar-refractivity contribution < 1.29 is 9.53 Å². The zero-order chi connectivity index (χ0) is 17.1. The lowest BCUT2D eigenvalue weighted by molar-refractivity contribution is -0.122. The molecule has 1 aliphatic rings. The van der Waals surface area contributed by atoms with Crippen LogP contribution in [0.25, 0.3) is 5.82 Å². The van der Waals surface area contributed by atoms with Crippen molar-refractivity contribution >= 4 is 11.6 Å². The van der Waals surface area contributed by atoms with Crippen LogP contribution in [0.1, 0.15) is 19.3 Å². The van der Waals surface area contributed by atoms with E-state index in [9.17, 15) is 4.79 Å². The number of nitrogens with zero attached hydrogens (tertiary/aromatic N) is 4. The summed E-state index contributed by atoms with van der Waals surface area (Å²) in [7, 11) is 0. The van der Waals surface area contributed by atoms with Crippen LogP contribution in [0.3, 0.4) is 0 Å². The Morgan fingerprint density at radius 3 is 2.56 bits per heavy atom. The lowest BCUT2D eigenvalue weighted by atomic mass is 9.85. The molecule has 1 fully saturated rings. The maximum atomic E-state index is 11.9. The van der Waals surface area contributed by atoms with Crippen molar-refractivity contribution in [3.63, 3.8) is 0 Å². The van der Waals surface area contributed by atoms with Crippen LogP contribution in [0, 0.1) is 5.92 Å². The monoisotopic (exact) mass is 335 g/mol. The van der Waals surface area contributed by atoms with Crippen LogP contribution in [0.5, 0.6) is 11.6 Å². The Balaban J connectivity index is 1.38. The third kappa shape index (κ3) is 3.50. The van der Waals surface area contributed by atoms with Gasteiger partial charge in [-0.2, -0.15) is 0 Å². The number of aromatic nitrogens is 4. The van der Waals surface area contributed by atoms with E-state index in [1.807, 2.05) is 12.1 Å². The number of rotatable bonds is 5. The molecule has 1 N–H and O–H groups in total. The van der Waals surface area contributed by atoms with Crippen LogP contribution >= 0.6 is 0 Å². The number of carbonyl (C=O) groups is 1. The second kappa shape index (κ2) is 6.72. The van der Waals surface area contributed by atoms with E-state index < -0.39 is 0 Å². The third-order valence-corrected chi connectivity index (χ3v) is 4.22. The number of hydrogen-bond donors (Lipinski definition) is 1. The van der Waals surface area contributed by atoms with E-state index in [2.05, 4.69) is 20.5 Å². The summed E-state index contributed by atoms with van der Waals surface area (Å²) in [6.07, 6.45) is 8.24. The Morgan fingerprint density at radius 2 is 1.96 bits per heavy atom. The first kappa shape index (κ1) is 15.3. The predicted molar refractivity (Wildman–Crippen MR) is 91.6 cm³/mol. The lowest BCUT2D eigenvalue weighted by Crippen LogP contribution is -2.27. The van der Waals surface area contributed by atoms with E-state index in [-0.39, 0.29) is 11.8 Å². The summed E-state index contributed by atoms with van der Waals surface area (Å²) < 4.78 is 7.44. The lowest BCUT2D eigenvalue weighted by Gasteiger charge is -2.24. The van der Waals surface area contributed by atoms with Gasteiger partial charge in [-0.3, -0.25) is 9.36 Å². The van der Waals surface area contributed by atoms with Gasteiger partial charge in [0, 0.05) is 30.1 Å². The van der Waals surface area contributed by atoms with E-state index >= 15 is 0 Å². The van der Waals surface area contributed by atoms with Gasteiger partial charge in [0.25, 0.3) is 0 Å². The third-order valence-electron chi connectivity index (χ3n) is 4.22. The van der Waals surface area contributed by atoms with E-state index in [4.69, 9.17) is 4.74 Å². The van der Waals surface area contributed by atoms with Gasteiger partial charge in [0.2, 0.25) is 11.8 Å². The van der Waals surface area contributed by atoms with Crippen LogP contribution in [0.4, 0.5) is 5.69 Å². The fourth-order valence-electron chi connectivity index (χ4n) is 2.54. The quantitative estimate of drug-likeness (QED) is 0.774. The van der Waals surface area contributed by atoms with Crippen molar-refractivity contribution in [3.8, 4) is 17.4 Å². The fraction of sp³-hybridized carbons (Fsp3) is 0.222. The first-order chi connectivity index (χ1) is 12.3. The Hall–Kier alpha value is -3.22. The summed E-state index contributed by atoms with van der Waals surface area (Å²) in [5, 5.41) is 11.1. The Morgan fingerprint density at radius 1 is 1.12 bits per heavy atom. The highest BCUT2D eigenvalue weighted by atomic mass is 16.5. The summed E-state index contributed by atoms with van der Waals surface area (Å²) in [4.78, 5) is 15.9. The number of benzene rings is 1. The van der Waals surface area contributed by atoms with E-state index in [1.165, 1.54) is 0 Å². The molecule has 0 saturated heterocycles. The highest BCUT2D eigenvalue weighted by Crippen LogP contribution is 2.28. The van der Waals surface area contributed by atoms with Crippen LogP contribution in [-0.2, 0) is 4.79 Å². The number of hydrogen-bond acceptors (Lipinski definition) is 5. The minimum atomic E-state index is 0.0980. The molecule has 1 aliphatic carbocycles. The van der Waals surface area contributed by atoms with Gasteiger partial charge in [0.15, 0.2) is 5.82 Å². The molecule has 3 aromatic rings. The number of nitrogens with one attached hydrogen (secondary N) is 1. The Labute approximate surface area is 144 Å². The number of amides is 1. The summed E-state index contributed by atoms with van der Waals surface area (Å²) in [5.41, 5.74) is 0.769. The van der Waals surface area contributed by atoms with Gasteiger partial charge in [0.1, 0.15) is 12.1 Å². The molecule has 2 heterocycles. The smallest absolute Gasteiger partial charge is 0.238 e. The Bertz CT molecular complexity index is 840. The number of imidazole rings is 1. The largest absolute Gasteiger partial charge is 0.438 e. The van der Waals surface area contributed by atoms with Gasteiger partial charge in [-0.15, -0.1) is 10.2 Å². The van der Waals surface area contributed by atoms with Gasteiger partial charge in [-0.05, 0) is 43.2 Å². The molecule has 1 saturated carbocycles. The number of carbonyl (C=O) groups excluding carboxylic acids is 1. The van der Waals surface area contributed by atoms with Crippen molar-refractivity contribution in [3.05, 3.63) is 55.1 Å². The standard InChI is InChI=1S/C18H17N5O2/c24-18(13-2-1-3-13)20-14-4-6-15(7-5-14)25-17-9-8-16(21-22-17)23-11-10-19-12-23/h4-13H,1-3H2,(H,20,24). The molecule has 1 aromatic carbocycles. The molecule has 25 heavy (non-hydrogen) atoms. The SMILES string of the molecule is O=C(Nc1ccc(Oc2ccc(-n3ccnc3)nn2)cc1)C1CCC1. The number of ether oxygens (including phenoxy) is 1. The van der Waals surface area contributed by atoms with Gasteiger partial charge in [-0.25, -0.2) is 4.98 Å². The van der Waals surface area contributed by atoms with Crippen LogP contribution in [0.15, 0.2) is 55.1 Å². The topological polar surface area (TPSA) is 81.9 Å². The van der Waals surface area contributed by atoms with Crippen molar-refractivity contribution in [2.75, 3.05) is 5.32 Å². The summed E-state index contributed by atoms with van der Waals surface area (Å²) in [6.45, 7) is 0. The van der Waals surface area contributed by atoms with Crippen LogP contribution in [0.2, 0.25) is 0 Å². The molecule has 0 radical (unpaired) electrons. The molecule has 0 spiro atoms. The molecule has 0 aliphatic heterocycles. The average Bonchev–Trinajstić information content (AvgIpc) is 3.10. The first-order valence-corrected chi connectivity index (χ1v) is 8.19. The van der Waals surface area contributed by atoms with Crippen molar-refractivity contribution in [2.24, 2.45) is 5.92 Å². The maximum absolute atomic E-state index is 11.9. The minimum absolute atomic E-state index is 0.0980. The van der Waals surface area contributed by atoms with Crippen molar-refractivity contribution in [2.45, 2.75) is 19.3 Å². The predicted octanol–water partition coefficient (Wildman–Crippen LogP) is 3.19. The van der Waals surface area contributed by atoms with Gasteiger partial charge >= 0.3 is 0 Å². The number of anilines is 1. The molecule has 4 rings (SSSR count). The van der Waals surface area contributed by atoms with Gasteiger partial charge < -0.3 is 10.1 Å². The van der Waals surface area contributed by atoms with Crippen LogP contribution in [-0.4, -0.2) is 25.7 Å². The van der Waals surface area contributed by atoms with Crippen molar-refractivity contribution in [1.29, 1.82) is 0 Å². The fourth-order valence-corrected chi connectivity index (χ4v) is 2.54. The molecular weight excluding hydrogens is 318 g/mol. The molecule has 0 atom stereocenters. The van der Waals surface area contributed by atoms with E-state index in [0.29, 0.717) is 17.4 Å². The summed E-state index contributed by atoms with van der Waals surface area (Å²) in [5.74, 6) is 1.96. The molecule has 0 bridgehead atoms. The first-order valence-electron chi connectivity index (χ1n) is 8.19. The minimum Gasteiger partial charge on any atom is -0.438 e. The second-order valence-corrected chi connectivity index (χ2v) is 5.94. The van der Waals surface area contributed by atoms with Gasteiger partial charge in [0.05, 0.1) is 0 Å². The van der Waals surface area contributed by atoms with Crippen molar-refractivity contribution in [1.82, 2.24) is 19.7 Å². The average molecular weight is 335 g/mol. The zero-order valence-corrected chi connectivity index (χ0v) is 13.5. The Kier molecular flexibility index (Phi) is 4.12. The molecular formula is C18H17N5O2. The molecule has 7 heteroatoms. The summed E-state index contributed by atoms with van der Waals surface area (Å²) >= 11 is 0. The molecule has 1 amide bonds. The van der Waals surface area contributed by atoms with E-state index in [0.717, 1.165) is 24.9 Å². The molecule has 7 nitrogen and oxygen atoms in total.